The fraction of sp³-hybridized carbons (Fsp3) is 0.0400. The molecule has 7 nitrogen and oxygen atoms in total. The van der Waals surface area contributed by atoms with Gasteiger partial charge in [0, 0.05) is 5.56 Å². The number of benzene rings is 3. The van der Waals surface area contributed by atoms with Crippen LogP contribution in [0.5, 0.6) is 5.75 Å². The van der Waals surface area contributed by atoms with E-state index < -0.39 is 15.6 Å². The Balaban J connectivity index is 1.54. The second-order valence-corrected chi connectivity index (χ2v) is 9.38. The van der Waals surface area contributed by atoms with Gasteiger partial charge in [0.05, 0.1) is 29.6 Å². The Bertz CT molecular complexity index is 1440. The summed E-state index contributed by atoms with van der Waals surface area (Å²) in [4.78, 5) is 17.1. The molecule has 1 heterocycles. The number of hydrogen-bond acceptors (Lipinski definition) is 6. The highest BCUT2D eigenvalue weighted by atomic mass is 32.2. The van der Waals surface area contributed by atoms with Crippen LogP contribution in [0.25, 0.3) is 11.1 Å². The standard InChI is InChI=1S/C25H21FN4O3S/c1-33-20-9-13-24(29-15-20)34(28,32)21-10-4-17(5-11-21)25(31)30-23-14-18(6-12-22(23)27)16-2-7-19(26)8-3-16/h2-15,28H,27H2,1H3,(H,30,31). The topological polar surface area (TPSA) is 118 Å². The average Bonchev–Trinajstić information content (AvgIpc) is 2.86. The van der Waals surface area contributed by atoms with E-state index in [-0.39, 0.29) is 15.7 Å². The summed E-state index contributed by atoms with van der Waals surface area (Å²) < 4.78 is 39.6. The first kappa shape index (κ1) is 22.9. The van der Waals surface area contributed by atoms with E-state index in [0.717, 1.165) is 11.1 Å². The Morgan fingerprint density at radius 1 is 1.00 bits per heavy atom. The van der Waals surface area contributed by atoms with Crippen molar-refractivity contribution < 1.29 is 18.1 Å². The van der Waals surface area contributed by atoms with Gasteiger partial charge in [0.15, 0.2) is 0 Å². The molecule has 1 amide bonds. The Morgan fingerprint density at radius 2 is 1.68 bits per heavy atom. The minimum absolute atomic E-state index is 0.0934. The zero-order valence-corrected chi connectivity index (χ0v) is 18.9. The molecule has 0 fully saturated rings. The third-order valence-electron chi connectivity index (χ3n) is 5.17. The number of nitrogens with zero attached hydrogens (tertiary/aromatic N) is 1. The van der Waals surface area contributed by atoms with E-state index in [1.54, 1.807) is 36.4 Å². The number of halogens is 1. The van der Waals surface area contributed by atoms with Crippen LogP contribution in [0.15, 0.2) is 95.0 Å². The number of amides is 1. The predicted molar refractivity (Wildman–Crippen MR) is 129 cm³/mol. The van der Waals surface area contributed by atoms with Crippen LogP contribution < -0.4 is 15.8 Å². The normalized spacial score (nSPS) is 12.5. The van der Waals surface area contributed by atoms with Crippen LogP contribution in [0.3, 0.4) is 0 Å². The Labute approximate surface area is 196 Å². The van der Waals surface area contributed by atoms with Gasteiger partial charge in [-0.25, -0.2) is 18.4 Å². The zero-order valence-electron chi connectivity index (χ0n) is 18.1. The van der Waals surface area contributed by atoms with E-state index in [1.165, 1.54) is 55.8 Å². The number of methoxy groups -OCH3 is 1. The Morgan fingerprint density at radius 3 is 2.29 bits per heavy atom. The molecule has 0 saturated carbocycles. The number of nitrogens with one attached hydrogen (secondary N) is 2. The molecule has 0 aliphatic carbocycles. The van der Waals surface area contributed by atoms with Crippen molar-refractivity contribution in [1.82, 2.24) is 4.98 Å². The summed E-state index contributed by atoms with van der Waals surface area (Å²) in [5.74, 6) is -0.266. The maximum atomic E-state index is 13.2. The minimum atomic E-state index is -3.36. The molecule has 4 rings (SSSR count). The lowest BCUT2D eigenvalue weighted by molar-refractivity contribution is 0.102. The number of carbonyl (C=O) groups is 1. The number of carbonyl (C=O) groups excluding carboxylic acids is 1. The van der Waals surface area contributed by atoms with Gasteiger partial charge in [-0.3, -0.25) is 4.79 Å². The monoisotopic (exact) mass is 476 g/mol. The lowest BCUT2D eigenvalue weighted by Gasteiger charge is -2.12. The van der Waals surface area contributed by atoms with Crippen LogP contribution in [0.1, 0.15) is 10.4 Å². The average molecular weight is 477 g/mol. The highest BCUT2D eigenvalue weighted by Crippen LogP contribution is 2.28. The molecule has 0 bridgehead atoms. The first-order valence-electron chi connectivity index (χ1n) is 10.1. The Kier molecular flexibility index (Phi) is 6.29. The number of nitrogens with two attached hydrogens (primary N) is 1. The molecule has 0 radical (unpaired) electrons. The van der Waals surface area contributed by atoms with Gasteiger partial charge in [0.1, 0.15) is 26.3 Å². The lowest BCUT2D eigenvalue weighted by atomic mass is 10.0. The van der Waals surface area contributed by atoms with Crippen LogP contribution in [-0.4, -0.2) is 22.2 Å². The van der Waals surface area contributed by atoms with Crippen molar-refractivity contribution in [2.45, 2.75) is 9.92 Å². The molecule has 4 aromatic rings. The van der Waals surface area contributed by atoms with Gasteiger partial charge < -0.3 is 15.8 Å². The molecular weight excluding hydrogens is 455 g/mol. The molecule has 1 unspecified atom stereocenters. The number of hydrogen-bond donors (Lipinski definition) is 3. The van der Waals surface area contributed by atoms with E-state index in [9.17, 15) is 13.4 Å². The molecule has 4 N–H and O–H groups in total. The fourth-order valence-corrected chi connectivity index (χ4v) is 4.48. The minimum Gasteiger partial charge on any atom is -0.495 e. The smallest absolute Gasteiger partial charge is 0.255 e. The highest BCUT2D eigenvalue weighted by molar-refractivity contribution is 7.92. The molecule has 172 valence electrons. The second-order valence-electron chi connectivity index (χ2n) is 7.38. The number of aromatic nitrogens is 1. The predicted octanol–water partition coefficient (Wildman–Crippen LogP) is 5.20. The van der Waals surface area contributed by atoms with Gasteiger partial charge in [0.2, 0.25) is 0 Å². The summed E-state index contributed by atoms with van der Waals surface area (Å²) in [7, 11) is -1.87. The molecule has 1 aromatic heterocycles. The molecule has 34 heavy (non-hydrogen) atoms. The van der Waals surface area contributed by atoms with E-state index in [2.05, 4.69) is 10.3 Å². The molecular formula is C25H21FN4O3S. The number of anilines is 2. The van der Waals surface area contributed by atoms with Crippen molar-refractivity contribution in [3.63, 3.8) is 0 Å². The third-order valence-corrected chi connectivity index (χ3v) is 6.93. The van der Waals surface area contributed by atoms with Crippen molar-refractivity contribution in [3.8, 4) is 16.9 Å². The van der Waals surface area contributed by atoms with Crippen molar-refractivity contribution in [2.24, 2.45) is 0 Å². The Hall–Kier alpha value is -4.24. The maximum absolute atomic E-state index is 13.2. The summed E-state index contributed by atoms with van der Waals surface area (Å²) >= 11 is 0. The highest BCUT2D eigenvalue weighted by Gasteiger charge is 2.17. The summed E-state index contributed by atoms with van der Waals surface area (Å²) in [5, 5.41) is 2.86. The first-order chi connectivity index (χ1) is 16.3. The van der Waals surface area contributed by atoms with E-state index in [4.69, 9.17) is 15.3 Å². The van der Waals surface area contributed by atoms with Crippen LogP contribution in [0.2, 0.25) is 0 Å². The second kappa shape index (κ2) is 9.32. The van der Waals surface area contributed by atoms with Gasteiger partial charge in [-0.05, 0) is 71.8 Å². The lowest BCUT2D eigenvalue weighted by Crippen LogP contribution is -2.13. The summed E-state index contributed by atoms with van der Waals surface area (Å²) in [6, 6.07) is 20.1. The van der Waals surface area contributed by atoms with Crippen molar-refractivity contribution in [2.75, 3.05) is 18.2 Å². The van der Waals surface area contributed by atoms with Gasteiger partial charge in [-0.2, -0.15) is 0 Å². The molecule has 1 atom stereocenters. The quantitative estimate of drug-likeness (QED) is 0.331. The third kappa shape index (κ3) is 4.74. The number of pyridine rings is 1. The van der Waals surface area contributed by atoms with Gasteiger partial charge >= 0.3 is 0 Å². The van der Waals surface area contributed by atoms with Crippen LogP contribution in [0, 0.1) is 10.6 Å². The maximum Gasteiger partial charge on any atom is 0.255 e. The zero-order chi connectivity index (χ0) is 24.3. The van der Waals surface area contributed by atoms with E-state index in [1.807, 2.05) is 0 Å². The summed E-state index contributed by atoms with van der Waals surface area (Å²) in [5.41, 5.74) is 8.65. The van der Waals surface area contributed by atoms with Crippen molar-refractivity contribution >= 4 is 27.0 Å². The van der Waals surface area contributed by atoms with Gasteiger partial charge in [-0.15, -0.1) is 0 Å². The molecule has 0 aliphatic rings. The first-order valence-corrected chi connectivity index (χ1v) is 11.7. The van der Waals surface area contributed by atoms with E-state index in [0.29, 0.717) is 22.7 Å². The van der Waals surface area contributed by atoms with Crippen molar-refractivity contribution in [3.05, 3.63) is 96.4 Å². The molecule has 9 heteroatoms. The van der Waals surface area contributed by atoms with Gasteiger partial charge in [-0.1, -0.05) is 18.2 Å². The van der Waals surface area contributed by atoms with Crippen LogP contribution >= 0.6 is 0 Å². The van der Waals surface area contributed by atoms with E-state index >= 15 is 0 Å². The van der Waals surface area contributed by atoms with Crippen molar-refractivity contribution in [1.29, 1.82) is 4.78 Å². The molecule has 0 saturated heterocycles. The largest absolute Gasteiger partial charge is 0.495 e. The number of rotatable bonds is 6. The van der Waals surface area contributed by atoms with Crippen LogP contribution in [0.4, 0.5) is 15.8 Å². The SMILES string of the molecule is COc1ccc(S(=N)(=O)c2ccc(C(=O)Nc3cc(-c4ccc(F)cc4)ccc3N)cc2)nc1. The molecule has 0 aliphatic heterocycles. The number of nitrogen functional groups attached to an aromatic ring is 1. The molecule has 3 aromatic carbocycles. The van der Waals surface area contributed by atoms with Crippen LogP contribution in [-0.2, 0) is 9.73 Å². The summed E-state index contributed by atoms with van der Waals surface area (Å²) in [6.07, 6.45) is 1.40. The molecule has 0 spiro atoms. The fourth-order valence-electron chi connectivity index (χ4n) is 3.26. The number of ether oxygens (including phenoxy) is 1. The summed E-state index contributed by atoms with van der Waals surface area (Å²) in [6.45, 7) is 0. The van der Waals surface area contributed by atoms with Gasteiger partial charge in [0.25, 0.3) is 5.91 Å².